The van der Waals surface area contributed by atoms with Crippen LogP contribution in [0.25, 0.3) is 0 Å². The van der Waals surface area contributed by atoms with E-state index in [9.17, 15) is 0 Å². The van der Waals surface area contributed by atoms with E-state index in [1.807, 2.05) is 0 Å². The molecule has 1 aliphatic carbocycles. The molecule has 10 heavy (non-hydrogen) atoms. The van der Waals surface area contributed by atoms with Crippen molar-refractivity contribution in [2.75, 3.05) is 7.11 Å². The summed E-state index contributed by atoms with van der Waals surface area (Å²) in [6, 6.07) is 0. The van der Waals surface area contributed by atoms with Gasteiger partial charge >= 0.3 is 56.9 Å². The summed E-state index contributed by atoms with van der Waals surface area (Å²) in [4.78, 5) is 0. The first-order chi connectivity index (χ1) is 4.80. The Balaban J connectivity index is 0.000000371. The molecule has 0 bridgehead atoms. The Hall–Kier alpha value is 0.154. The van der Waals surface area contributed by atoms with Gasteiger partial charge in [0.15, 0.2) is 0 Å². The van der Waals surface area contributed by atoms with Crippen molar-refractivity contribution >= 4 is 0 Å². The zero-order chi connectivity index (χ0) is 7.98. The monoisotopic (exact) mass is 174 g/mol. The molecule has 0 saturated carbocycles. The second-order valence-corrected chi connectivity index (χ2v) is 6.45. The average Bonchev–Trinajstić information content (AvgIpc) is 2.42. The summed E-state index contributed by atoms with van der Waals surface area (Å²) in [6.45, 7) is 0. The van der Waals surface area contributed by atoms with Crippen LogP contribution < -0.4 is 5.11 Å². The van der Waals surface area contributed by atoms with Gasteiger partial charge in [0.1, 0.15) is 0 Å². The van der Waals surface area contributed by atoms with Crippen molar-refractivity contribution in [2.45, 2.75) is 16.9 Å². The van der Waals surface area contributed by atoms with E-state index in [-0.39, 0.29) is 0 Å². The summed E-state index contributed by atoms with van der Waals surface area (Å²) in [5, 5.41) is 13.1. The molecule has 0 N–H and O–H groups in total. The molecule has 56 valence electrons. The third-order valence-corrected chi connectivity index (χ3v) is 4.00. The third kappa shape index (κ3) is 3.35. The van der Waals surface area contributed by atoms with E-state index in [0.717, 1.165) is 7.11 Å². The molecule has 0 atom stereocenters. The van der Waals surface area contributed by atoms with Crippen molar-refractivity contribution < 1.29 is 23.0 Å². The molecule has 0 amide bonds. The van der Waals surface area contributed by atoms with E-state index in [1.165, 1.54) is 6.42 Å². The van der Waals surface area contributed by atoms with Crippen molar-refractivity contribution in [1.29, 1.82) is 0 Å². The van der Waals surface area contributed by atoms with Gasteiger partial charge in [-0.05, 0) is 0 Å². The summed E-state index contributed by atoms with van der Waals surface area (Å²) in [7, 11) is 0.750. The zero-order valence-electron chi connectivity index (χ0n) is 6.85. The predicted molar refractivity (Wildman–Crippen MR) is 39.5 cm³/mol. The van der Waals surface area contributed by atoms with Gasteiger partial charge in [-0.25, -0.2) is 0 Å². The Labute approximate surface area is 69.3 Å². The summed E-state index contributed by atoms with van der Waals surface area (Å²) < 4.78 is 1.73. The van der Waals surface area contributed by atoms with E-state index in [2.05, 4.69) is 28.7 Å². The average molecular weight is 174 g/mol. The van der Waals surface area contributed by atoms with Crippen LogP contribution in [0.3, 0.4) is 0 Å². The molecule has 0 unspecified atom stereocenters. The molecular formula is C8H14OTi. The van der Waals surface area contributed by atoms with Crippen LogP contribution in [0.5, 0.6) is 0 Å². The number of hydrogen-bond acceptors (Lipinski definition) is 1. The van der Waals surface area contributed by atoms with Gasteiger partial charge in [-0.1, -0.05) is 0 Å². The van der Waals surface area contributed by atoms with Crippen LogP contribution in [0, 0.1) is 0 Å². The fourth-order valence-electron chi connectivity index (χ4n) is 0.818. The van der Waals surface area contributed by atoms with Crippen LogP contribution >= 0.6 is 0 Å². The topological polar surface area (TPSA) is 23.1 Å². The molecule has 0 aliphatic heterocycles. The van der Waals surface area contributed by atoms with Crippen molar-refractivity contribution in [3.05, 3.63) is 22.1 Å². The molecule has 1 rings (SSSR count). The Morgan fingerprint density at radius 3 is 2.20 bits per heavy atom. The molecule has 1 aliphatic rings. The first kappa shape index (κ1) is 10.2. The molecule has 1 nitrogen and oxygen atoms in total. The standard InChI is InChI=1S/C5H5.CH3O.2CH3.Ti/c1-2-4-5-3-1;1-2;;;/h1-3H,4H2;1H3;2*1H3;/q;-1;;;+1. The molecule has 0 aromatic rings. The molecule has 0 aromatic carbocycles. The first-order valence-corrected chi connectivity index (χ1v) is 7.28. The quantitative estimate of drug-likeness (QED) is 0.552. The van der Waals surface area contributed by atoms with Gasteiger partial charge in [0.2, 0.25) is 0 Å². The minimum atomic E-state index is -0.657. The summed E-state index contributed by atoms with van der Waals surface area (Å²) in [5.41, 5.74) is 0. The fraction of sp³-hybridized carbons (Fsp3) is 0.500. The van der Waals surface area contributed by atoms with Crippen molar-refractivity contribution in [3.8, 4) is 0 Å². The van der Waals surface area contributed by atoms with Crippen LogP contribution in [-0.2, 0) is 17.9 Å². The van der Waals surface area contributed by atoms with Gasteiger partial charge in [-0.15, -0.1) is 0 Å². The van der Waals surface area contributed by atoms with E-state index >= 15 is 0 Å². The van der Waals surface area contributed by atoms with Gasteiger partial charge in [-0.2, -0.15) is 7.11 Å². The second kappa shape index (κ2) is 5.90. The van der Waals surface area contributed by atoms with E-state index < -0.39 is 17.9 Å². The molecule has 0 saturated heterocycles. The van der Waals surface area contributed by atoms with Gasteiger partial charge in [0.25, 0.3) is 0 Å². The van der Waals surface area contributed by atoms with Crippen LogP contribution in [0.1, 0.15) is 6.42 Å². The number of allylic oxidation sites excluding steroid dienone is 4. The fourth-order valence-corrected chi connectivity index (χ4v) is 2.31. The van der Waals surface area contributed by atoms with Crippen LogP contribution in [0.15, 0.2) is 22.1 Å². The van der Waals surface area contributed by atoms with E-state index in [1.54, 1.807) is 3.88 Å². The Bertz CT molecular complexity index is 136. The Morgan fingerprint density at radius 1 is 1.40 bits per heavy atom. The second-order valence-electron chi connectivity index (χ2n) is 2.32. The third-order valence-electron chi connectivity index (χ3n) is 1.41. The van der Waals surface area contributed by atoms with Crippen LogP contribution in [0.2, 0.25) is 10.5 Å². The predicted octanol–water partition coefficient (Wildman–Crippen LogP) is 1.52. The number of rotatable bonds is 1. The number of hydrogen-bond donors (Lipinski definition) is 0. The first-order valence-electron chi connectivity index (χ1n) is 3.38. The molecular weight excluding hydrogens is 160 g/mol. The summed E-state index contributed by atoms with van der Waals surface area (Å²) >= 11 is -0.657. The van der Waals surface area contributed by atoms with Gasteiger partial charge in [-0.3, -0.25) is 0 Å². The molecule has 0 spiro atoms. The molecule has 0 radical (unpaired) electrons. The molecule has 0 fully saturated rings. The van der Waals surface area contributed by atoms with Crippen LogP contribution in [0.4, 0.5) is 0 Å². The molecule has 0 aromatic heterocycles. The van der Waals surface area contributed by atoms with Crippen molar-refractivity contribution in [3.63, 3.8) is 0 Å². The molecule has 0 heterocycles. The maximum absolute atomic E-state index is 8.25. The van der Waals surface area contributed by atoms with Crippen molar-refractivity contribution in [1.82, 2.24) is 0 Å². The molecule has 2 heteroatoms. The van der Waals surface area contributed by atoms with Gasteiger partial charge in [0, 0.05) is 0 Å². The Morgan fingerprint density at radius 2 is 2.00 bits per heavy atom. The minimum absolute atomic E-state index is 0.657. The zero-order valence-corrected chi connectivity index (χ0v) is 8.41. The summed E-state index contributed by atoms with van der Waals surface area (Å²) in [6.07, 6.45) is 7.96. The van der Waals surface area contributed by atoms with Gasteiger partial charge in [0.05, 0.1) is 0 Å². The van der Waals surface area contributed by atoms with Crippen molar-refractivity contribution in [2.24, 2.45) is 0 Å². The van der Waals surface area contributed by atoms with Gasteiger partial charge < -0.3 is 5.11 Å². The van der Waals surface area contributed by atoms with E-state index in [4.69, 9.17) is 5.11 Å². The summed E-state index contributed by atoms with van der Waals surface area (Å²) in [5.74, 6) is 0. The normalized spacial score (nSPS) is 13.8. The maximum atomic E-state index is 8.25. The van der Waals surface area contributed by atoms with Crippen LogP contribution in [-0.4, -0.2) is 7.11 Å². The van der Waals surface area contributed by atoms with E-state index in [0.29, 0.717) is 0 Å². The Kier molecular flexibility index (Phi) is 5.99. The SMILES string of the molecule is C[O-].[CH3][Ti+]([CH3])[C]1=CC=CC1.